The highest BCUT2D eigenvalue weighted by atomic mass is 35.5. The molecule has 11 heteroatoms. The number of aliphatic imine (C=N–C) groups is 1. The molecule has 0 saturated heterocycles. The van der Waals surface area contributed by atoms with E-state index in [1.54, 1.807) is 56.6 Å². The number of hydrazone groups is 2. The molecule has 1 aliphatic heterocycles. The third-order valence-electron chi connectivity index (χ3n) is 4.85. The minimum Gasteiger partial charge on any atom is -0.505 e. The van der Waals surface area contributed by atoms with Crippen LogP contribution in [0.4, 0.5) is 5.69 Å². The number of rotatable bonds is 6. The monoisotopic (exact) mass is 510 g/mol. The maximum atomic E-state index is 12.7. The van der Waals surface area contributed by atoms with Crippen LogP contribution in [-0.2, 0) is 9.59 Å². The molecular weight excluding hydrogens is 484 g/mol. The number of hydrogen-bond donors (Lipinski definition) is 4. The Kier molecular flexibility index (Phi) is 10.4. The third kappa shape index (κ3) is 6.36. The summed E-state index contributed by atoms with van der Waals surface area (Å²) < 4.78 is 0. The first kappa shape index (κ1) is 27.8. The van der Waals surface area contributed by atoms with Gasteiger partial charge < -0.3 is 21.4 Å². The summed E-state index contributed by atoms with van der Waals surface area (Å²) in [5.41, 5.74) is 3.62. The van der Waals surface area contributed by atoms with Crippen LogP contribution < -0.4 is 11.2 Å². The summed E-state index contributed by atoms with van der Waals surface area (Å²) in [4.78, 5) is 25.5. The zero-order valence-corrected chi connectivity index (χ0v) is 20.8. The Hall–Kier alpha value is -4.44. The molecule has 36 heavy (non-hydrogen) atoms. The van der Waals surface area contributed by atoms with Crippen LogP contribution in [0, 0.1) is 0 Å². The van der Waals surface area contributed by atoms with Crippen LogP contribution in [0.15, 0.2) is 69.4 Å². The Morgan fingerprint density at radius 3 is 2.50 bits per heavy atom. The molecule has 0 aliphatic carbocycles. The van der Waals surface area contributed by atoms with Crippen molar-refractivity contribution in [3.63, 3.8) is 0 Å². The van der Waals surface area contributed by atoms with Crippen molar-refractivity contribution in [3.05, 3.63) is 76.0 Å². The first-order valence-corrected chi connectivity index (χ1v) is 11.2. The highest BCUT2D eigenvalue weighted by molar-refractivity contribution is 6.38. The summed E-state index contributed by atoms with van der Waals surface area (Å²) in [6, 6.07) is 12.4. The average Bonchev–Trinajstić information content (AvgIpc) is 2.85. The highest BCUT2D eigenvalue weighted by Gasteiger charge is 2.33. The van der Waals surface area contributed by atoms with Gasteiger partial charge in [0.05, 0.1) is 17.6 Å². The number of halogens is 1. The fraction of sp³-hybridized carbons (Fsp3) is 0.160. The van der Waals surface area contributed by atoms with E-state index in [2.05, 4.69) is 20.5 Å². The van der Waals surface area contributed by atoms with E-state index in [4.69, 9.17) is 27.3 Å². The lowest BCUT2D eigenvalue weighted by molar-refractivity contribution is -0.123. The number of nitrogens with one attached hydrogen (secondary N) is 1. The zero-order chi connectivity index (χ0) is 26.7. The summed E-state index contributed by atoms with van der Waals surface area (Å²) in [6.45, 7) is 5.54. The third-order valence-corrected chi connectivity index (χ3v) is 5.09. The van der Waals surface area contributed by atoms with Gasteiger partial charge >= 0.3 is 0 Å². The van der Waals surface area contributed by atoms with Crippen molar-refractivity contribution in [2.24, 2.45) is 21.0 Å². The molecule has 5 N–H and O–H groups in total. The second kappa shape index (κ2) is 13.4. The normalized spacial score (nSPS) is 14.6. The Balaban J connectivity index is 0.00000145. The number of carbonyl (C=O) groups excluding carboxylic acids is 1. The molecule has 0 unspecified atom stereocenters. The molecule has 2 aromatic rings. The first-order valence-electron chi connectivity index (χ1n) is 10.8. The summed E-state index contributed by atoms with van der Waals surface area (Å²) in [5, 5.41) is 30.8. The Morgan fingerprint density at radius 2 is 1.92 bits per heavy atom. The van der Waals surface area contributed by atoms with Gasteiger partial charge in [-0.1, -0.05) is 29.8 Å². The van der Waals surface area contributed by atoms with Crippen LogP contribution in [0.3, 0.4) is 0 Å². The fourth-order valence-corrected chi connectivity index (χ4v) is 3.60. The van der Waals surface area contributed by atoms with Crippen LogP contribution in [0.1, 0.15) is 37.5 Å². The molecule has 10 nitrogen and oxygen atoms in total. The topological polar surface area (TPSA) is 153 Å². The molecule has 1 aliphatic rings. The minimum absolute atomic E-state index is 0.0542. The van der Waals surface area contributed by atoms with Crippen LogP contribution in [0.25, 0.3) is 11.5 Å². The van der Waals surface area contributed by atoms with Crippen molar-refractivity contribution in [1.82, 2.24) is 10.3 Å². The second-order valence-electron chi connectivity index (χ2n) is 7.03. The van der Waals surface area contributed by atoms with Crippen LogP contribution in [0.2, 0.25) is 5.02 Å². The van der Waals surface area contributed by atoms with Gasteiger partial charge in [-0.3, -0.25) is 14.6 Å². The molecule has 0 saturated carbocycles. The smallest absolute Gasteiger partial charge is 0.290 e. The SMILES string of the molecule is C/C=N\N1C(C(=O)NCC)=C(O)c2ccc(/C(C=Nc3cccc(Cl)c3)=N/N)cc2/C1=C\C.O=CO. The number of amides is 1. The molecule has 1 heterocycles. The zero-order valence-electron chi connectivity index (χ0n) is 20.0. The van der Waals surface area contributed by atoms with Gasteiger partial charge in [0.25, 0.3) is 12.4 Å². The molecule has 0 radical (unpaired) electrons. The van der Waals surface area contributed by atoms with Crippen molar-refractivity contribution >= 4 is 59.3 Å². The lowest BCUT2D eigenvalue weighted by Crippen LogP contribution is -2.35. The highest BCUT2D eigenvalue weighted by Crippen LogP contribution is 2.38. The predicted octanol–water partition coefficient (Wildman–Crippen LogP) is 4.15. The minimum atomic E-state index is -0.424. The van der Waals surface area contributed by atoms with E-state index >= 15 is 0 Å². The van der Waals surface area contributed by atoms with Gasteiger partial charge in [0.2, 0.25) is 0 Å². The maximum absolute atomic E-state index is 12.7. The van der Waals surface area contributed by atoms with Crippen molar-refractivity contribution in [2.75, 3.05) is 6.54 Å². The van der Waals surface area contributed by atoms with Crippen molar-refractivity contribution in [2.45, 2.75) is 20.8 Å². The van der Waals surface area contributed by atoms with E-state index in [0.717, 1.165) is 0 Å². The van der Waals surface area contributed by atoms with Crippen LogP contribution in [0.5, 0.6) is 0 Å². The number of aliphatic hydroxyl groups excluding tert-OH is 1. The van der Waals surface area contributed by atoms with E-state index in [-0.39, 0.29) is 17.9 Å². The van der Waals surface area contributed by atoms with Gasteiger partial charge in [0, 0.05) is 34.5 Å². The number of carboxylic acid groups (broad SMARTS) is 1. The van der Waals surface area contributed by atoms with Crippen LogP contribution >= 0.6 is 11.6 Å². The van der Waals surface area contributed by atoms with Gasteiger partial charge in [-0.25, -0.2) is 5.01 Å². The predicted molar refractivity (Wildman–Crippen MR) is 143 cm³/mol. The molecule has 1 amide bonds. The van der Waals surface area contributed by atoms with Crippen molar-refractivity contribution in [1.29, 1.82) is 0 Å². The summed E-state index contributed by atoms with van der Waals surface area (Å²) in [6.07, 6.45) is 4.92. The van der Waals surface area contributed by atoms with Gasteiger partial charge in [-0.15, -0.1) is 0 Å². The van der Waals surface area contributed by atoms with E-state index in [1.165, 1.54) is 5.01 Å². The standard InChI is InChI=1S/C24H25ClN6O2.CH2O2/c1-4-21-19-12-15(20(30-26)14-28-17-9-7-8-16(25)13-17)10-11-18(19)23(32)22(24(33)27-5-2)31(21)29-6-3;2-1-3/h4,6-14,32H,5,26H2,1-3H3,(H,27,33);1H,(H,2,3)/b21-4+,28-14?,29-6-,30-20+;. The number of nitrogens with zero attached hydrogens (tertiary/aromatic N) is 4. The maximum Gasteiger partial charge on any atom is 0.290 e. The van der Waals surface area contributed by atoms with E-state index in [9.17, 15) is 9.90 Å². The number of hydrogen-bond acceptors (Lipinski definition) is 8. The van der Waals surface area contributed by atoms with Gasteiger partial charge in [-0.05, 0) is 51.1 Å². The van der Waals surface area contributed by atoms with Gasteiger partial charge in [0.1, 0.15) is 5.71 Å². The lowest BCUT2D eigenvalue weighted by atomic mass is 9.93. The summed E-state index contributed by atoms with van der Waals surface area (Å²) in [5.74, 6) is 5.06. The first-order chi connectivity index (χ1) is 17.4. The second-order valence-corrected chi connectivity index (χ2v) is 7.47. The van der Waals surface area contributed by atoms with Crippen molar-refractivity contribution < 1.29 is 19.8 Å². The number of benzene rings is 2. The number of carbonyl (C=O) groups is 2. The van der Waals surface area contributed by atoms with Gasteiger partial charge in [-0.2, -0.15) is 10.2 Å². The number of likely N-dealkylation sites (N-methyl/N-ethyl adjacent to an activating group) is 1. The van der Waals surface area contributed by atoms with E-state index in [0.29, 0.717) is 45.4 Å². The average molecular weight is 511 g/mol. The number of fused-ring (bicyclic) bond motifs is 1. The molecule has 0 fully saturated rings. The summed E-state index contributed by atoms with van der Waals surface area (Å²) >= 11 is 6.02. The fourth-order valence-electron chi connectivity index (χ4n) is 3.42. The molecule has 2 aromatic carbocycles. The largest absolute Gasteiger partial charge is 0.505 e. The van der Waals surface area contributed by atoms with Crippen LogP contribution in [-0.4, -0.2) is 52.3 Å². The Bertz CT molecular complexity index is 1270. The number of aliphatic hydroxyl groups is 1. The Labute approximate surface area is 213 Å². The number of allylic oxidation sites excluding steroid dienone is 1. The quantitative estimate of drug-likeness (QED) is 0.198. The molecule has 188 valence electrons. The van der Waals surface area contributed by atoms with E-state index < -0.39 is 5.91 Å². The molecule has 0 spiro atoms. The number of nitrogens with two attached hydrogens (primary N) is 1. The Morgan fingerprint density at radius 1 is 1.19 bits per heavy atom. The van der Waals surface area contributed by atoms with Gasteiger partial charge in [0.15, 0.2) is 11.5 Å². The summed E-state index contributed by atoms with van der Waals surface area (Å²) in [7, 11) is 0. The van der Waals surface area contributed by atoms with E-state index in [1.807, 2.05) is 25.1 Å². The molecule has 3 rings (SSSR count). The molecule has 0 bridgehead atoms. The van der Waals surface area contributed by atoms with Crippen molar-refractivity contribution in [3.8, 4) is 0 Å². The molecular formula is C25H27ClN6O4. The molecule has 0 aromatic heterocycles. The molecule has 0 atom stereocenters. The lowest BCUT2D eigenvalue weighted by Gasteiger charge is -2.31.